The van der Waals surface area contributed by atoms with Gasteiger partial charge in [-0.05, 0) is 110 Å². The van der Waals surface area contributed by atoms with Gasteiger partial charge in [0.15, 0.2) is 0 Å². The molecule has 0 saturated heterocycles. The Hall–Kier alpha value is -3.62. The minimum Gasteiger partial charge on any atom is -0.756 e. The molecule has 0 fully saturated rings. The number of allylic oxidation sites excluding steroid dienone is 23. The van der Waals surface area contributed by atoms with Gasteiger partial charge in [-0.2, -0.15) is 0 Å². The molecule has 0 heterocycles. The highest BCUT2D eigenvalue weighted by atomic mass is 31.2. The van der Waals surface area contributed by atoms with Crippen molar-refractivity contribution >= 4 is 13.7 Å². The van der Waals surface area contributed by atoms with Crippen LogP contribution >= 0.6 is 7.82 Å². The van der Waals surface area contributed by atoms with E-state index in [1.807, 2.05) is 40.2 Å². The Morgan fingerprint density at radius 2 is 0.984 bits per heavy atom. The van der Waals surface area contributed by atoms with Gasteiger partial charge in [-0.3, -0.25) is 9.36 Å². The van der Waals surface area contributed by atoms with Crippen LogP contribution in [0.4, 0.5) is 0 Å². The van der Waals surface area contributed by atoms with Crippen LogP contribution in [0, 0.1) is 0 Å². The molecule has 8 nitrogen and oxygen atoms in total. The molecule has 2 N–H and O–H groups in total. The number of aliphatic hydroxyl groups excluding tert-OH is 1. The Kier molecular flexibility index (Phi) is 42.1. The molecule has 360 valence electrons. The third kappa shape index (κ3) is 46.4. The highest BCUT2D eigenvalue weighted by Gasteiger charge is 2.23. The lowest BCUT2D eigenvalue weighted by atomic mass is 10.1. The number of phosphoric ester groups is 1. The molecule has 0 aliphatic rings. The summed E-state index contributed by atoms with van der Waals surface area (Å²) < 4.78 is 23.1. The van der Waals surface area contributed by atoms with Crippen molar-refractivity contribution in [2.24, 2.45) is 0 Å². The first kappa shape index (κ1) is 60.4. The third-order valence-corrected chi connectivity index (χ3v) is 10.6. The first-order valence-electron chi connectivity index (χ1n) is 24.2. The van der Waals surface area contributed by atoms with Gasteiger partial charge in [-0.15, -0.1) is 0 Å². The van der Waals surface area contributed by atoms with E-state index < -0.39 is 26.6 Å². The van der Waals surface area contributed by atoms with E-state index in [2.05, 4.69) is 140 Å². The molecule has 3 unspecified atom stereocenters. The molecule has 0 aliphatic heterocycles. The largest absolute Gasteiger partial charge is 0.756 e. The van der Waals surface area contributed by atoms with Crippen molar-refractivity contribution in [2.45, 2.75) is 154 Å². The maximum absolute atomic E-state index is 12.8. The second-order valence-corrected chi connectivity index (χ2v) is 18.1. The van der Waals surface area contributed by atoms with Gasteiger partial charge in [0.25, 0.3) is 7.82 Å². The molecule has 0 radical (unpaired) electrons. The predicted octanol–water partition coefficient (Wildman–Crippen LogP) is 13.6. The Morgan fingerprint density at radius 3 is 1.45 bits per heavy atom. The van der Waals surface area contributed by atoms with Crippen LogP contribution in [0.15, 0.2) is 146 Å². The number of nitrogens with zero attached hydrogens (tertiary/aromatic N) is 1. The van der Waals surface area contributed by atoms with Crippen molar-refractivity contribution in [1.29, 1.82) is 0 Å². The van der Waals surface area contributed by atoms with Crippen molar-refractivity contribution in [3.63, 3.8) is 0 Å². The highest BCUT2D eigenvalue weighted by Crippen LogP contribution is 2.38. The quantitative estimate of drug-likeness (QED) is 0.0274. The van der Waals surface area contributed by atoms with Gasteiger partial charge in [0, 0.05) is 6.42 Å². The molecule has 9 heteroatoms. The monoisotopic (exact) mass is 905 g/mol. The van der Waals surface area contributed by atoms with Crippen LogP contribution in [0.2, 0.25) is 0 Å². The van der Waals surface area contributed by atoms with Gasteiger partial charge in [-0.25, -0.2) is 0 Å². The zero-order chi connectivity index (χ0) is 47.1. The summed E-state index contributed by atoms with van der Waals surface area (Å²) >= 11 is 0. The lowest BCUT2D eigenvalue weighted by Gasteiger charge is -2.29. The smallest absolute Gasteiger partial charge is 0.268 e. The number of amides is 1. The van der Waals surface area contributed by atoms with Gasteiger partial charge in [0.1, 0.15) is 13.2 Å². The van der Waals surface area contributed by atoms with Crippen molar-refractivity contribution in [1.82, 2.24) is 5.32 Å². The van der Waals surface area contributed by atoms with E-state index in [1.54, 1.807) is 6.08 Å². The topological polar surface area (TPSA) is 108 Å². The molecule has 64 heavy (non-hydrogen) atoms. The Bertz CT molecular complexity index is 1540. The summed E-state index contributed by atoms with van der Waals surface area (Å²) in [4.78, 5) is 25.3. The zero-order valence-electron chi connectivity index (χ0n) is 40.7. The molecular formula is C55H89N2O6P. The van der Waals surface area contributed by atoms with Gasteiger partial charge in [-0.1, -0.05) is 172 Å². The van der Waals surface area contributed by atoms with E-state index in [1.165, 1.54) is 0 Å². The second-order valence-electron chi connectivity index (χ2n) is 16.7. The summed E-state index contributed by atoms with van der Waals surface area (Å²) in [6, 6.07) is -0.929. The fourth-order valence-electron chi connectivity index (χ4n) is 5.83. The molecule has 0 aromatic heterocycles. The first-order chi connectivity index (χ1) is 31.0. The van der Waals surface area contributed by atoms with Gasteiger partial charge in [0.05, 0.1) is 39.9 Å². The minimum atomic E-state index is -4.61. The van der Waals surface area contributed by atoms with Crippen molar-refractivity contribution < 1.29 is 32.9 Å². The fraction of sp³-hybridized carbons (Fsp3) is 0.545. The van der Waals surface area contributed by atoms with E-state index in [4.69, 9.17) is 9.05 Å². The highest BCUT2D eigenvalue weighted by molar-refractivity contribution is 7.45. The van der Waals surface area contributed by atoms with Crippen molar-refractivity contribution in [3.8, 4) is 0 Å². The standard InChI is InChI=1S/C55H89N2O6P/c1-6-8-10-12-14-16-17-18-19-20-21-22-23-24-25-26-27-28-29-30-31-32-33-34-35-36-37-38-39-41-43-45-47-49-55(59)56-53(52-63-64(60,61)62-51-50-57(3,4)5)54(58)48-46-44-42-40-15-13-11-9-7-2/h7-10,14-16,18-19,21-22,24-25,27-28,30-31,33-34,36-37,40,46,48,53-54,58H,6,11-13,17,20,23,26,29,32,35,38-39,41-45,47,49-52H2,1-5H3,(H-,56,59,60,61)/b9-7+,10-8-,16-14-,19-18-,22-21-,25-24-,28-27-,31-30-,34-33-,37-36-,40-15+,48-46+. The Labute approximate surface area is 391 Å². The molecule has 0 rings (SSSR count). The van der Waals surface area contributed by atoms with Gasteiger partial charge >= 0.3 is 0 Å². The van der Waals surface area contributed by atoms with Crippen LogP contribution in [0.1, 0.15) is 142 Å². The number of nitrogens with one attached hydrogen (secondary N) is 1. The summed E-state index contributed by atoms with van der Waals surface area (Å²) in [5.74, 6) is -0.242. The lowest BCUT2D eigenvalue weighted by molar-refractivity contribution is -0.870. The van der Waals surface area contributed by atoms with E-state index >= 15 is 0 Å². The summed E-state index contributed by atoms with van der Waals surface area (Å²) in [7, 11) is 1.19. The van der Waals surface area contributed by atoms with Crippen LogP contribution in [-0.2, 0) is 18.4 Å². The predicted molar refractivity (Wildman–Crippen MR) is 274 cm³/mol. The normalized spacial score (nSPS) is 15.4. The number of hydrogen-bond donors (Lipinski definition) is 2. The molecule has 0 bridgehead atoms. The summed E-state index contributed by atoms with van der Waals surface area (Å²) in [6.45, 7) is 4.20. The zero-order valence-corrected chi connectivity index (χ0v) is 41.6. The average molecular weight is 905 g/mol. The van der Waals surface area contributed by atoms with Crippen LogP contribution < -0.4 is 10.2 Å². The molecule has 0 saturated carbocycles. The van der Waals surface area contributed by atoms with Gasteiger partial charge < -0.3 is 28.8 Å². The number of aliphatic hydroxyl groups is 1. The Balaban J connectivity index is 4.24. The summed E-state index contributed by atoms with van der Waals surface area (Å²) in [5.41, 5.74) is 0. The SMILES string of the molecule is C/C=C/CC/C=C/CC/C=C/C(O)C(COP(=O)([O-])OCC[N+](C)(C)C)NC(=O)CCCCCCC/C=C\C/C=C\C/C=C\C/C=C\C/C=C\C/C=C\C/C=C\C/C=C\C/C=C\CC. The molecule has 1 amide bonds. The van der Waals surface area contributed by atoms with E-state index in [0.29, 0.717) is 23.9 Å². The van der Waals surface area contributed by atoms with Crippen molar-refractivity contribution in [2.75, 3.05) is 40.9 Å². The minimum absolute atomic E-state index is 0.0224. The number of carbonyl (C=O) groups is 1. The molecule has 0 aromatic carbocycles. The molecule has 3 atom stereocenters. The van der Waals surface area contributed by atoms with Crippen molar-refractivity contribution in [3.05, 3.63) is 146 Å². The maximum Gasteiger partial charge on any atom is 0.268 e. The van der Waals surface area contributed by atoms with E-state index in [-0.39, 0.29) is 12.5 Å². The number of carbonyl (C=O) groups excluding carboxylic acids is 1. The molecule has 0 spiro atoms. The number of likely N-dealkylation sites (N-methyl/N-ethyl adjacent to an activating group) is 1. The van der Waals surface area contributed by atoms with Crippen LogP contribution in [-0.4, -0.2) is 68.5 Å². The van der Waals surface area contributed by atoms with E-state index in [0.717, 1.165) is 116 Å². The van der Waals surface area contributed by atoms with Crippen LogP contribution in [0.3, 0.4) is 0 Å². The van der Waals surface area contributed by atoms with Crippen LogP contribution in [0.5, 0.6) is 0 Å². The maximum atomic E-state index is 12.8. The molecule has 0 aliphatic carbocycles. The fourth-order valence-corrected chi connectivity index (χ4v) is 6.55. The molecular weight excluding hydrogens is 816 g/mol. The Morgan fingerprint density at radius 1 is 0.578 bits per heavy atom. The number of unbranched alkanes of at least 4 members (excludes halogenated alkanes) is 7. The van der Waals surface area contributed by atoms with Gasteiger partial charge in [0.2, 0.25) is 5.91 Å². The number of phosphoric acid groups is 1. The first-order valence-corrected chi connectivity index (χ1v) is 25.6. The number of rotatable bonds is 41. The van der Waals surface area contributed by atoms with E-state index in [9.17, 15) is 19.4 Å². The molecule has 0 aromatic rings. The lowest BCUT2D eigenvalue weighted by Crippen LogP contribution is -2.45. The summed E-state index contributed by atoms with van der Waals surface area (Å²) in [5, 5.41) is 13.7. The number of quaternary nitrogens is 1. The third-order valence-electron chi connectivity index (χ3n) is 9.61. The summed E-state index contributed by atoms with van der Waals surface area (Å²) in [6.07, 6.45) is 69.4. The van der Waals surface area contributed by atoms with Crippen LogP contribution in [0.25, 0.3) is 0 Å². The average Bonchev–Trinajstić information content (AvgIpc) is 3.25. The second kappa shape index (κ2) is 44.6. The number of hydrogen-bond acceptors (Lipinski definition) is 6.